The first-order chi connectivity index (χ1) is 6.76. The molecule has 0 atom stereocenters. The molecule has 0 rings (SSSR count). The molecular formula is C9H17N2O4Y-. The van der Waals surface area contributed by atoms with E-state index in [1.54, 1.807) is 20.8 Å². The molecule has 6 nitrogen and oxygen atoms in total. The normalized spacial score (nSPS) is 9.81. The van der Waals surface area contributed by atoms with Gasteiger partial charge in [0.25, 0.3) is 0 Å². The van der Waals surface area contributed by atoms with Crippen molar-refractivity contribution < 1.29 is 51.9 Å². The minimum absolute atomic E-state index is 0. The molecule has 7 heteroatoms. The molecule has 0 saturated heterocycles. The largest absolute Gasteiger partial charge is 0.446 e. The second-order valence-electron chi connectivity index (χ2n) is 3.81. The maximum atomic E-state index is 11.1. The monoisotopic (exact) mass is 306 g/mol. The number of alkyl carbamates (subject to hydrolysis) is 1. The molecule has 0 aromatic heterocycles. The van der Waals surface area contributed by atoms with Gasteiger partial charge in [-0.15, -0.1) is 0 Å². The maximum Gasteiger partial charge on any atom is 0.381 e. The number of rotatable bonds is 3. The molecule has 0 fully saturated rings. The molecule has 0 aliphatic heterocycles. The van der Waals surface area contributed by atoms with E-state index in [0.29, 0.717) is 0 Å². The van der Waals surface area contributed by atoms with Crippen LogP contribution in [0.3, 0.4) is 0 Å². The van der Waals surface area contributed by atoms with Crippen molar-refractivity contribution in [3.05, 3.63) is 6.54 Å². The number of ether oxygens (including phenoxy) is 1. The van der Waals surface area contributed by atoms with Crippen LogP contribution in [-0.4, -0.2) is 36.8 Å². The summed E-state index contributed by atoms with van der Waals surface area (Å²) in [4.78, 5) is 26.8. The van der Waals surface area contributed by atoms with Gasteiger partial charge in [-0.1, -0.05) is 0 Å². The minimum Gasteiger partial charge on any atom is -0.446 e. The number of carbonyl (C=O) groups is 2. The number of carbonyl (C=O) groups excluding carboxylic acids is 2. The van der Waals surface area contributed by atoms with Crippen LogP contribution in [0.1, 0.15) is 20.8 Å². The summed E-state index contributed by atoms with van der Waals surface area (Å²) in [5, 5.41) is 3.17. The fourth-order valence-corrected chi connectivity index (χ4v) is 0.609. The Labute approximate surface area is 121 Å². The average molecular weight is 306 g/mol. The molecule has 0 aromatic carbocycles. The van der Waals surface area contributed by atoms with E-state index in [-0.39, 0.29) is 32.7 Å². The van der Waals surface area contributed by atoms with Crippen LogP contribution >= 0.6 is 0 Å². The third kappa shape index (κ3) is 8.94. The molecule has 0 unspecified atom stereocenters. The first-order valence-electron chi connectivity index (χ1n) is 4.41. The molecule has 0 aliphatic carbocycles. The van der Waals surface area contributed by atoms with Gasteiger partial charge in [0.1, 0.15) is 11.5 Å². The van der Waals surface area contributed by atoms with Crippen molar-refractivity contribution in [1.82, 2.24) is 10.4 Å². The smallest absolute Gasteiger partial charge is 0.381 e. The Hall–Kier alpha value is -0.326. The van der Waals surface area contributed by atoms with Gasteiger partial charge in [-0.3, -0.25) is 9.90 Å². The van der Waals surface area contributed by atoms with Crippen LogP contribution in [0, 0.1) is 6.54 Å². The van der Waals surface area contributed by atoms with Gasteiger partial charge in [0.15, 0.2) is 0 Å². The second kappa shape index (κ2) is 7.87. The molecule has 0 spiro atoms. The van der Waals surface area contributed by atoms with Gasteiger partial charge < -0.3 is 14.8 Å². The van der Waals surface area contributed by atoms with Crippen LogP contribution < -0.4 is 5.32 Å². The van der Waals surface area contributed by atoms with Crippen molar-refractivity contribution in [2.24, 2.45) is 0 Å². The van der Waals surface area contributed by atoms with Gasteiger partial charge in [-0.05, 0) is 20.8 Å². The Balaban J connectivity index is 0. The van der Waals surface area contributed by atoms with E-state index in [1.807, 2.05) is 0 Å². The molecule has 0 aromatic rings. The first kappa shape index (κ1) is 18.1. The first-order valence-corrected chi connectivity index (χ1v) is 4.41. The summed E-state index contributed by atoms with van der Waals surface area (Å²) in [6.07, 6.45) is -0.680. The van der Waals surface area contributed by atoms with E-state index >= 15 is 0 Å². The molecule has 1 radical (unpaired) electrons. The standard InChI is InChI=1S/C9H17N2O4.Y/c1-9(2,3)15-8(13)10-6-7(12)11(4)14-5;/h6H,1-5H3,(H,10,13);/q-1;. The number of amides is 2. The molecule has 1 N–H and O–H groups in total. The predicted octanol–water partition coefficient (Wildman–Crippen LogP) is 0.690. The number of nitrogens with one attached hydrogen (secondary N) is 1. The van der Waals surface area contributed by atoms with Crippen molar-refractivity contribution in [3.8, 4) is 0 Å². The van der Waals surface area contributed by atoms with Crippen molar-refractivity contribution in [1.29, 1.82) is 0 Å². The Kier molecular flexibility index (Phi) is 8.88. The molecule has 0 heterocycles. The zero-order valence-corrected chi connectivity index (χ0v) is 13.1. The number of hydrogen-bond acceptors (Lipinski definition) is 4. The molecule has 16 heavy (non-hydrogen) atoms. The molecule has 2 amide bonds. The quantitative estimate of drug-likeness (QED) is 0.615. The summed E-state index contributed by atoms with van der Waals surface area (Å²) in [6.45, 7) is 6.17. The molecular weight excluding hydrogens is 289 g/mol. The van der Waals surface area contributed by atoms with E-state index < -0.39 is 17.6 Å². The zero-order valence-electron chi connectivity index (χ0n) is 10.2. The number of hydroxylamine groups is 2. The Morgan fingerprint density at radius 2 is 1.81 bits per heavy atom. The third-order valence-corrected chi connectivity index (χ3v) is 1.30. The van der Waals surface area contributed by atoms with Crippen molar-refractivity contribution in [2.75, 3.05) is 14.2 Å². The van der Waals surface area contributed by atoms with Crippen molar-refractivity contribution in [2.45, 2.75) is 26.4 Å². The van der Waals surface area contributed by atoms with E-state index in [4.69, 9.17) is 4.74 Å². The Morgan fingerprint density at radius 1 is 1.31 bits per heavy atom. The molecule has 0 aliphatic rings. The van der Waals surface area contributed by atoms with Gasteiger partial charge in [-0.25, -0.2) is 11.3 Å². The van der Waals surface area contributed by atoms with Crippen LogP contribution in [0.5, 0.6) is 0 Å². The summed E-state index contributed by atoms with van der Waals surface area (Å²) >= 11 is 0. The van der Waals surface area contributed by atoms with Gasteiger partial charge >= 0.3 is 6.09 Å². The van der Waals surface area contributed by atoms with Gasteiger partial charge in [0, 0.05) is 39.8 Å². The minimum atomic E-state index is -0.680. The van der Waals surface area contributed by atoms with Crippen LogP contribution in [0.15, 0.2) is 0 Å². The molecule has 0 saturated carbocycles. The topological polar surface area (TPSA) is 67.9 Å². The fourth-order valence-electron chi connectivity index (χ4n) is 0.609. The van der Waals surface area contributed by atoms with E-state index in [2.05, 4.69) is 10.2 Å². The Bertz CT molecular complexity index is 240. The van der Waals surface area contributed by atoms with Crippen LogP contribution in [-0.2, 0) is 47.1 Å². The van der Waals surface area contributed by atoms with Gasteiger partial charge in [0.2, 0.25) is 0 Å². The fraction of sp³-hybridized carbons (Fsp3) is 0.667. The van der Waals surface area contributed by atoms with E-state index in [1.165, 1.54) is 14.2 Å². The Morgan fingerprint density at radius 3 is 2.19 bits per heavy atom. The van der Waals surface area contributed by atoms with Gasteiger partial charge in [-0.2, -0.15) is 0 Å². The van der Waals surface area contributed by atoms with Crippen LogP contribution in [0.25, 0.3) is 0 Å². The van der Waals surface area contributed by atoms with Gasteiger partial charge in [0.05, 0.1) is 7.11 Å². The summed E-state index contributed by atoms with van der Waals surface area (Å²) in [5.74, 6) is -0.483. The van der Waals surface area contributed by atoms with E-state index in [0.717, 1.165) is 11.6 Å². The predicted molar refractivity (Wildman–Crippen MR) is 53.4 cm³/mol. The summed E-state index contributed by atoms with van der Waals surface area (Å²) in [7, 11) is 2.77. The zero-order chi connectivity index (χ0) is 12.1. The van der Waals surface area contributed by atoms with Crippen molar-refractivity contribution >= 4 is 12.0 Å². The second-order valence-corrected chi connectivity index (χ2v) is 3.81. The molecule has 0 bridgehead atoms. The van der Waals surface area contributed by atoms with Crippen molar-refractivity contribution in [3.63, 3.8) is 0 Å². The number of nitrogens with zero attached hydrogens (tertiary/aromatic N) is 1. The van der Waals surface area contributed by atoms with Crippen LogP contribution in [0.4, 0.5) is 4.79 Å². The SMILES string of the molecule is CON(C)C(=O)[CH-]NC(=O)OC(C)(C)C.[Y]. The molecule has 91 valence electrons. The summed E-state index contributed by atoms with van der Waals surface area (Å²) < 4.78 is 4.91. The number of hydrogen-bond donors (Lipinski definition) is 1. The summed E-state index contributed by atoms with van der Waals surface area (Å²) in [6, 6.07) is 0. The third-order valence-electron chi connectivity index (χ3n) is 1.30. The maximum absolute atomic E-state index is 11.1. The van der Waals surface area contributed by atoms with Crippen LogP contribution in [0.2, 0.25) is 0 Å². The summed E-state index contributed by atoms with van der Waals surface area (Å²) in [5.41, 5.74) is -0.589. The average Bonchev–Trinajstić information content (AvgIpc) is 2.10. The number of likely N-dealkylation sites (N-methyl/N-ethyl adjacent to an activating group) is 1. The van der Waals surface area contributed by atoms with E-state index in [9.17, 15) is 9.59 Å².